The molecule has 1 aromatic carbocycles. The first kappa shape index (κ1) is 22.2. The number of aromatic nitrogens is 3. The van der Waals surface area contributed by atoms with Crippen LogP contribution in [0.1, 0.15) is 35.4 Å². The van der Waals surface area contributed by atoms with Crippen molar-refractivity contribution in [2.75, 3.05) is 0 Å². The Hall–Kier alpha value is -3.04. The lowest BCUT2D eigenvalue weighted by atomic mass is 9.82. The van der Waals surface area contributed by atoms with Gasteiger partial charge in [0, 0.05) is 35.4 Å². The number of fused-ring (bicyclic) bond motifs is 1. The van der Waals surface area contributed by atoms with Crippen molar-refractivity contribution in [2.45, 2.75) is 37.9 Å². The van der Waals surface area contributed by atoms with Gasteiger partial charge in [-0.05, 0) is 48.6 Å². The Morgan fingerprint density at radius 2 is 2.03 bits per heavy atom. The van der Waals surface area contributed by atoms with Crippen molar-refractivity contribution in [2.24, 2.45) is 11.6 Å². The largest absolute Gasteiger partial charge is 0.434 e. The van der Waals surface area contributed by atoms with Gasteiger partial charge < -0.3 is 15.7 Å². The van der Waals surface area contributed by atoms with Crippen LogP contribution in [0, 0.1) is 0 Å². The van der Waals surface area contributed by atoms with Gasteiger partial charge >= 0.3 is 6.18 Å². The third-order valence-corrected chi connectivity index (χ3v) is 5.97. The Kier molecular flexibility index (Phi) is 6.12. The molecule has 1 atom stereocenters. The summed E-state index contributed by atoms with van der Waals surface area (Å²) in [4.78, 5) is 8.63. The van der Waals surface area contributed by atoms with E-state index in [1.165, 1.54) is 29.5 Å². The molecule has 0 fully saturated rings. The first-order chi connectivity index (χ1) is 15.3. The van der Waals surface area contributed by atoms with Crippen LogP contribution in [0.4, 0.5) is 13.2 Å². The van der Waals surface area contributed by atoms with Crippen LogP contribution in [0.25, 0.3) is 17.1 Å². The Balaban J connectivity index is 1.60. The van der Waals surface area contributed by atoms with Crippen molar-refractivity contribution in [1.29, 1.82) is 0 Å². The number of imidazole rings is 1. The third-order valence-electron chi connectivity index (χ3n) is 5.65. The molecule has 0 spiro atoms. The molecule has 10 heteroatoms. The number of nitrogens with two attached hydrogens (primary N) is 2. The molecule has 0 aliphatic heterocycles. The summed E-state index contributed by atoms with van der Waals surface area (Å²) in [5, 5.41) is 0.776. The highest BCUT2D eigenvalue weighted by Gasteiger charge is 2.36. The molecule has 0 saturated heterocycles. The van der Waals surface area contributed by atoms with E-state index in [-0.39, 0.29) is 11.5 Å². The highest BCUT2D eigenvalue weighted by molar-refractivity contribution is 6.31. The zero-order valence-electron chi connectivity index (χ0n) is 17.0. The van der Waals surface area contributed by atoms with E-state index in [1.807, 2.05) is 22.9 Å². The molecule has 3 aromatic rings. The van der Waals surface area contributed by atoms with E-state index >= 15 is 0 Å². The molecule has 0 saturated carbocycles. The molecule has 0 radical (unpaired) electrons. The average Bonchev–Trinajstić information content (AvgIpc) is 3.22. The van der Waals surface area contributed by atoms with Gasteiger partial charge in [0.15, 0.2) is 5.70 Å². The number of hydrogen-bond donors (Lipinski definition) is 3. The van der Waals surface area contributed by atoms with Crippen LogP contribution in [0.5, 0.6) is 0 Å². The second kappa shape index (κ2) is 8.84. The van der Waals surface area contributed by atoms with Gasteiger partial charge in [0.05, 0.1) is 17.7 Å². The summed E-state index contributed by atoms with van der Waals surface area (Å²) < 4.78 is 41.3. The van der Waals surface area contributed by atoms with Crippen LogP contribution in [0.3, 0.4) is 0 Å². The van der Waals surface area contributed by atoms with Gasteiger partial charge in [-0.15, -0.1) is 0 Å². The number of nitrogens with one attached hydrogen (secondary N) is 1. The predicted octanol–water partition coefficient (Wildman–Crippen LogP) is 4.37. The maximum Gasteiger partial charge on any atom is 0.434 e. The zero-order valence-corrected chi connectivity index (χ0v) is 17.8. The molecule has 168 valence electrons. The number of hydrogen-bond acceptors (Lipinski definition) is 5. The number of aryl methyl sites for hydroxylation is 1. The van der Waals surface area contributed by atoms with Crippen molar-refractivity contribution in [3.05, 3.63) is 76.5 Å². The highest BCUT2D eigenvalue weighted by atomic mass is 35.5. The van der Waals surface area contributed by atoms with Gasteiger partial charge in [0.1, 0.15) is 5.69 Å². The first-order valence-electron chi connectivity index (χ1n) is 10.1. The lowest BCUT2D eigenvalue weighted by molar-refractivity contribution is -0.0961. The van der Waals surface area contributed by atoms with Crippen LogP contribution in [0.2, 0.25) is 5.02 Å². The Morgan fingerprint density at radius 3 is 2.78 bits per heavy atom. The van der Waals surface area contributed by atoms with Crippen molar-refractivity contribution in [3.63, 3.8) is 0 Å². The van der Waals surface area contributed by atoms with Crippen LogP contribution in [-0.2, 0) is 13.0 Å². The predicted molar refractivity (Wildman–Crippen MR) is 117 cm³/mol. The zero-order chi connectivity index (χ0) is 22.9. The van der Waals surface area contributed by atoms with Crippen molar-refractivity contribution < 1.29 is 13.2 Å². The number of benzene rings is 1. The van der Waals surface area contributed by atoms with Gasteiger partial charge in [-0.3, -0.25) is 10.8 Å². The summed E-state index contributed by atoms with van der Waals surface area (Å²) in [6.07, 6.45) is 3.32. The molecule has 1 aliphatic carbocycles. The van der Waals surface area contributed by atoms with E-state index in [0.717, 1.165) is 24.3 Å². The van der Waals surface area contributed by atoms with Gasteiger partial charge in [-0.25, -0.2) is 4.98 Å². The molecule has 1 unspecified atom stereocenters. The summed E-state index contributed by atoms with van der Waals surface area (Å²) in [6, 6.07) is 8.85. The minimum Gasteiger partial charge on any atom is -0.397 e. The quantitative estimate of drug-likeness (QED) is 0.386. The molecular formula is C22H22ClF3N6. The smallest absolute Gasteiger partial charge is 0.397 e. The first-order valence-corrected chi connectivity index (χ1v) is 10.4. The van der Waals surface area contributed by atoms with Crippen LogP contribution in [0.15, 0.2) is 54.7 Å². The molecular weight excluding hydrogens is 441 g/mol. The molecule has 0 bridgehead atoms. The summed E-state index contributed by atoms with van der Waals surface area (Å²) in [6.45, 7) is 0.695. The number of alkyl halides is 3. The number of nitrogens with zero attached hydrogens (tertiary/aromatic N) is 3. The van der Waals surface area contributed by atoms with E-state index in [1.54, 1.807) is 11.8 Å². The van der Waals surface area contributed by atoms with E-state index in [4.69, 9.17) is 23.2 Å². The minimum atomic E-state index is -4.71. The maximum absolute atomic E-state index is 13.1. The molecule has 0 amide bonds. The Bertz CT molecular complexity index is 1150. The van der Waals surface area contributed by atoms with Crippen molar-refractivity contribution in [3.8, 4) is 11.4 Å². The fraction of sp³-hybridized carbons (Fsp3) is 0.273. The number of allylic oxidation sites excluding steroid dienone is 1. The van der Waals surface area contributed by atoms with Crippen LogP contribution < -0.4 is 17.0 Å². The number of halogens is 4. The standard InChI is InChI=1S/C22H22ClF3N6/c23-16-6-2-4-13-3-1-5-15(19(13)16)10-32-11-18(30-12-32)17-9-14(7-8-29-17)20(27)21(31-28)22(24,25)26/h2,4,6-9,11-12,15,31H,1,3,5,10,27-28H2/b21-20-. The fourth-order valence-corrected chi connectivity index (χ4v) is 4.51. The van der Waals surface area contributed by atoms with Gasteiger partial charge in [0.2, 0.25) is 0 Å². The van der Waals surface area contributed by atoms with E-state index in [2.05, 4.69) is 16.0 Å². The second-order valence-electron chi connectivity index (χ2n) is 7.72. The van der Waals surface area contributed by atoms with E-state index in [9.17, 15) is 13.2 Å². The normalized spacial score (nSPS) is 17.0. The molecule has 6 nitrogen and oxygen atoms in total. The molecule has 2 heterocycles. The average molecular weight is 463 g/mol. The minimum absolute atomic E-state index is 0.141. The molecule has 4 rings (SSSR count). The summed E-state index contributed by atoms with van der Waals surface area (Å²) in [7, 11) is 0. The monoisotopic (exact) mass is 462 g/mol. The number of hydrazine groups is 1. The summed E-state index contributed by atoms with van der Waals surface area (Å²) >= 11 is 6.48. The van der Waals surface area contributed by atoms with Crippen LogP contribution in [-0.4, -0.2) is 20.7 Å². The molecule has 2 aromatic heterocycles. The topological polar surface area (TPSA) is 94.8 Å². The fourth-order valence-electron chi connectivity index (χ4n) is 4.16. The van der Waals surface area contributed by atoms with E-state index < -0.39 is 17.6 Å². The lowest BCUT2D eigenvalue weighted by Crippen LogP contribution is -2.34. The second-order valence-corrected chi connectivity index (χ2v) is 8.13. The SMILES string of the molecule is NN/C(=C(\N)c1ccnc(-c2cn(CC3CCCc4cccc(Cl)c43)cn2)c1)C(F)(F)F. The van der Waals surface area contributed by atoms with Crippen LogP contribution >= 0.6 is 11.6 Å². The summed E-state index contributed by atoms with van der Waals surface area (Å²) in [5.41, 5.74) is 9.17. The number of rotatable bonds is 5. The van der Waals surface area contributed by atoms with Crippen molar-refractivity contribution in [1.82, 2.24) is 20.0 Å². The summed E-state index contributed by atoms with van der Waals surface area (Å²) in [5.74, 6) is 5.30. The lowest BCUT2D eigenvalue weighted by Gasteiger charge is -2.26. The third kappa shape index (κ3) is 4.44. The molecule has 32 heavy (non-hydrogen) atoms. The molecule has 5 N–H and O–H groups in total. The van der Waals surface area contributed by atoms with Crippen molar-refractivity contribution >= 4 is 17.3 Å². The van der Waals surface area contributed by atoms with Gasteiger partial charge in [-0.1, -0.05) is 23.7 Å². The van der Waals surface area contributed by atoms with Gasteiger partial charge in [0.25, 0.3) is 0 Å². The Labute approximate surface area is 188 Å². The molecule has 1 aliphatic rings. The number of pyridine rings is 1. The highest BCUT2D eigenvalue weighted by Crippen LogP contribution is 2.37. The van der Waals surface area contributed by atoms with Gasteiger partial charge in [-0.2, -0.15) is 13.2 Å². The van der Waals surface area contributed by atoms with E-state index in [0.29, 0.717) is 17.9 Å². The Morgan fingerprint density at radius 1 is 1.22 bits per heavy atom. The maximum atomic E-state index is 13.1.